The van der Waals surface area contributed by atoms with Gasteiger partial charge in [-0.15, -0.1) is 0 Å². The van der Waals surface area contributed by atoms with Crippen LogP contribution in [0.5, 0.6) is 0 Å². The number of fused-ring (bicyclic) bond motifs is 5. The Kier molecular flexibility index (Phi) is 12.2. The van der Waals surface area contributed by atoms with Crippen LogP contribution >= 0.6 is 0 Å². The Hall–Kier alpha value is -7.43. The molecule has 0 bridgehead atoms. The van der Waals surface area contributed by atoms with Crippen molar-refractivity contribution in [2.24, 2.45) is 0 Å². The van der Waals surface area contributed by atoms with Crippen molar-refractivity contribution in [2.45, 2.75) is 70.8 Å². The zero-order valence-electron chi connectivity index (χ0n) is 36.1. The molecule has 2 aromatic heterocycles. The van der Waals surface area contributed by atoms with E-state index < -0.39 is 11.5 Å². The molecule has 3 aliphatic rings. The monoisotopic (exact) mass is 856 g/mol. The number of allylic oxidation sites excluding steroid dienone is 2. The van der Waals surface area contributed by atoms with Gasteiger partial charge in [-0.25, -0.2) is 24.0 Å². The maximum atomic E-state index is 13.0. The fourth-order valence-corrected chi connectivity index (χ4v) is 9.78. The van der Waals surface area contributed by atoms with Crippen LogP contribution in [0.4, 0.5) is 11.4 Å². The minimum atomic E-state index is -0.735. The van der Waals surface area contributed by atoms with E-state index >= 15 is 0 Å². The number of anilines is 2. The molecule has 64 heavy (non-hydrogen) atoms. The van der Waals surface area contributed by atoms with Crippen LogP contribution < -0.4 is 31.5 Å². The summed E-state index contributed by atoms with van der Waals surface area (Å²) in [7, 11) is 0. The molecule has 1 aliphatic carbocycles. The highest BCUT2D eigenvalue weighted by molar-refractivity contribution is 6.10. The number of hydrogen-bond acceptors (Lipinski definition) is 11. The Morgan fingerprint density at radius 1 is 0.875 bits per heavy atom. The van der Waals surface area contributed by atoms with E-state index in [0.717, 1.165) is 96.4 Å². The Morgan fingerprint density at radius 2 is 1.66 bits per heavy atom. The van der Waals surface area contributed by atoms with Crippen molar-refractivity contribution >= 4 is 74.2 Å². The summed E-state index contributed by atoms with van der Waals surface area (Å²) in [4.78, 5) is 81.5. The number of H-pyrrole nitrogens is 1. The number of aryl methyl sites for hydroxylation is 1. The van der Waals surface area contributed by atoms with E-state index in [1.165, 1.54) is 4.57 Å². The molecule has 1 unspecified atom stereocenters. The second-order valence-corrected chi connectivity index (χ2v) is 17.1. The van der Waals surface area contributed by atoms with Crippen molar-refractivity contribution in [3.8, 4) is 6.07 Å². The van der Waals surface area contributed by atoms with E-state index in [0.29, 0.717) is 47.2 Å². The molecule has 2 aliphatic heterocycles. The van der Waals surface area contributed by atoms with Gasteiger partial charge in [0.1, 0.15) is 39.9 Å². The number of amides is 1. The third kappa shape index (κ3) is 7.70. The highest BCUT2D eigenvalue weighted by Crippen LogP contribution is 2.49. The molecule has 14 heteroatoms. The Bertz CT molecular complexity index is 3100. The minimum absolute atomic E-state index is 0.0173. The molecule has 1 amide bonds. The van der Waals surface area contributed by atoms with Crippen LogP contribution in [0.1, 0.15) is 92.4 Å². The number of rotatable bonds is 12. The SMILES string of the molecule is CCc1cc2c(cc1N1CCN(CC(=O)NCCCCCNc3cccc4c(=C=O)n(C5CCC(=C=O)NC5=C=O)c(=C=O)c34)CC1)C(C)(C)c1[nH]c3cc(C#N)ccc3c1C2=C=O. The van der Waals surface area contributed by atoms with Gasteiger partial charge in [-0.1, -0.05) is 39.0 Å². The number of carbonyl (C=O) groups is 1. The van der Waals surface area contributed by atoms with Crippen molar-refractivity contribution in [2.75, 3.05) is 56.0 Å². The molecule has 14 nitrogen and oxygen atoms in total. The molecule has 2 saturated heterocycles. The number of aromatic amines is 1. The second kappa shape index (κ2) is 18.1. The number of benzene rings is 3. The molecule has 324 valence electrons. The molecule has 4 heterocycles. The van der Waals surface area contributed by atoms with Crippen LogP contribution in [-0.2, 0) is 40.6 Å². The van der Waals surface area contributed by atoms with Crippen LogP contribution in [0.25, 0.3) is 27.2 Å². The van der Waals surface area contributed by atoms with Crippen molar-refractivity contribution < 1.29 is 28.8 Å². The molecule has 1 atom stereocenters. The van der Waals surface area contributed by atoms with E-state index in [-0.39, 0.29) is 40.8 Å². The summed E-state index contributed by atoms with van der Waals surface area (Å²) in [5.41, 5.74) is 8.35. The lowest BCUT2D eigenvalue weighted by Gasteiger charge is -2.39. The zero-order valence-corrected chi connectivity index (χ0v) is 36.1. The van der Waals surface area contributed by atoms with Gasteiger partial charge in [0.15, 0.2) is 11.9 Å². The number of nitrogens with zero attached hydrogens (tertiary/aromatic N) is 4. The molecule has 0 spiro atoms. The summed E-state index contributed by atoms with van der Waals surface area (Å²) < 4.78 is 1.45. The Labute approximate surface area is 369 Å². The van der Waals surface area contributed by atoms with Gasteiger partial charge in [0, 0.05) is 95.4 Å². The van der Waals surface area contributed by atoms with Crippen LogP contribution in [0.15, 0.2) is 59.9 Å². The molecule has 3 aromatic carbocycles. The van der Waals surface area contributed by atoms with Crippen LogP contribution in [0.2, 0.25) is 0 Å². The van der Waals surface area contributed by atoms with Crippen molar-refractivity contribution in [1.29, 1.82) is 5.26 Å². The van der Waals surface area contributed by atoms with Gasteiger partial charge in [-0.2, -0.15) is 5.26 Å². The summed E-state index contributed by atoms with van der Waals surface area (Å²) >= 11 is 0. The normalized spacial score (nSPS) is 16.7. The van der Waals surface area contributed by atoms with E-state index in [9.17, 15) is 34.0 Å². The van der Waals surface area contributed by atoms with E-state index in [4.69, 9.17) is 0 Å². The zero-order chi connectivity index (χ0) is 45.1. The first-order valence-corrected chi connectivity index (χ1v) is 21.8. The van der Waals surface area contributed by atoms with Crippen LogP contribution in [0, 0.1) is 11.3 Å². The smallest absolute Gasteiger partial charge is 0.234 e. The molecule has 5 aromatic rings. The number of nitrogens with one attached hydrogen (secondary N) is 4. The number of piperazine rings is 1. The Balaban J connectivity index is 0.836. The predicted octanol–water partition coefficient (Wildman–Crippen LogP) is 3.34. The Morgan fingerprint density at radius 3 is 2.36 bits per heavy atom. The fraction of sp³-hybridized carbons (Fsp3) is 0.360. The fourth-order valence-electron chi connectivity index (χ4n) is 9.78. The van der Waals surface area contributed by atoms with Gasteiger partial charge >= 0.3 is 0 Å². The van der Waals surface area contributed by atoms with Gasteiger partial charge in [-0.3, -0.25) is 9.69 Å². The number of carbonyl (C=O) groups excluding carboxylic acids is 6. The summed E-state index contributed by atoms with van der Waals surface area (Å²) in [5.74, 6) is 9.75. The predicted molar refractivity (Wildman–Crippen MR) is 244 cm³/mol. The average Bonchev–Trinajstić information content (AvgIpc) is 3.87. The number of aromatic nitrogens is 2. The summed E-state index contributed by atoms with van der Waals surface area (Å²) in [6.45, 7) is 10.9. The first kappa shape index (κ1) is 43.2. The van der Waals surface area contributed by atoms with Gasteiger partial charge in [0.2, 0.25) is 5.91 Å². The third-order valence-electron chi connectivity index (χ3n) is 13.1. The van der Waals surface area contributed by atoms with Crippen molar-refractivity contribution in [3.05, 3.63) is 104 Å². The maximum Gasteiger partial charge on any atom is 0.234 e. The maximum absolute atomic E-state index is 13.0. The summed E-state index contributed by atoms with van der Waals surface area (Å²) in [6.07, 6.45) is 3.74. The average molecular weight is 857 g/mol. The standard InChI is InChI=1S/C50H48N8O6/c1-4-32-22-36-37(27-60)47-34-13-11-31(24-51)21-40(34)55-49(47)50(2,3)38(36)23-43(32)57-19-17-56(18-20-57)25-46(64)53-16-7-5-6-15-52-39-10-8-9-35-44(29-62)58(45(30-63)48(35)39)42-14-12-33(26-59)54-41(42)28-61/h8-11,13,21-23,42,52,54-55H,4-7,12,14-20,25H2,1-3H3,(H,53,64). The molecule has 4 N–H and O–H groups in total. The van der Waals surface area contributed by atoms with Crippen LogP contribution in [-0.4, -0.2) is 95.9 Å². The second-order valence-electron chi connectivity index (χ2n) is 17.1. The van der Waals surface area contributed by atoms with Gasteiger partial charge in [0.05, 0.1) is 29.8 Å². The lowest BCUT2D eigenvalue weighted by Crippen LogP contribution is -2.50. The molecule has 0 radical (unpaired) electrons. The first-order chi connectivity index (χ1) is 31.1. The molecule has 0 saturated carbocycles. The minimum Gasteiger partial charge on any atom is -0.384 e. The van der Waals surface area contributed by atoms with Crippen molar-refractivity contribution in [3.63, 3.8) is 0 Å². The molecule has 2 fully saturated rings. The molecular weight excluding hydrogens is 809 g/mol. The number of piperidine rings is 1. The van der Waals surface area contributed by atoms with Gasteiger partial charge in [-0.05, 0) is 79.1 Å². The van der Waals surface area contributed by atoms with Crippen LogP contribution in [0.3, 0.4) is 0 Å². The highest BCUT2D eigenvalue weighted by Gasteiger charge is 2.39. The number of hydrogen-bond donors (Lipinski definition) is 4. The van der Waals surface area contributed by atoms with Crippen molar-refractivity contribution in [1.82, 2.24) is 25.1 Å². The number of unbranched alkanes of at least 4 members (excludes halogenated alkanes) is 2. The van der Waals surface area contributed by atoms with E-state index in [1.54, 1.807) is 24.1 Å². The lowest BCUT2D eigenvalue weighted by molar-refractivity contribution is -0.122. The first-order valence-electron chi connectivity index (χ1n) is 21.8. The van der Waals surface area contributed by atoms with Gasteiger partial charge < -0.3 is 30.4 Å². The molecule has 8 rings (SSSR count). The third-order valence-corrected chi connectivity index (χ3v) is 13.1. The lowest BCUT2D eigenvalue weighted by atomic mass is 9.69. The highest BCUT2D eigenvalue weighted by atomic mass is 16.2. The molecular formula is C50H48N8O6. The largest absolute Gasteiger partial charge is 0.384 e. The summed E-state index contributed by atoms with van der Waals surface area (Å²) in [5, 5.41) is 20.8. The quantitative estimate of drug-likeness (QED) is 0.106. The van der Waals surface area contributed by atoms with Gasteiger partial charge in [0.25, 0.3) is 0 Å². The summed E-state index contributed by atoms with van der Waals surface area (Å²) in [6, 6.07) is 16.7. The van der Waals surface area contributed by atoms with E-state index in [1.807, 2.05) is 36.0 Å². The number of nitriles is 1. The topological polar surface area (TPSA) is 189 Å². The van der Waals surface area contributed by atoms with E-state index in [2.05, 4.69) is 75.6 Å².